The molecule has 110 valence electrons. The Kier molecular flexibility index (Phi) is 3.97. The lowest BCUT2D eigenvalue weighted by molar-refractivity contribution is -0.138. The van der Waals surface area contributed by atoms with Crippen LogP contribution in [0.4, 0.5) is 9.18 Å². The Morgan fingerprint density at radius 2 is 1.86 bits per heavy atom. The van der Waals surface area contributed by atoms with Crippen molar-refractivity contribution in [2.75, 3.05) is 6.54 Å². The van der Waals surface area contributed by atoms with E-state index in [0.717, 1.165) is 17.0 Å². The fraction of sp³-hybridized carbons (Fsp3) is 0.231. The van der Waals surface area contributed by atoms with E-state index in [4.69, 9.17) is 5.73 Å². The van der Waals surface area contributed by atoms with E-state index in [1.807, 2.05) is 5.32 Å². The Balaban J connectivity index is 2.26. The van der Waals surface area contributed by atoms with Gasteiger partial charge in [-0.2, -0.15) is 0 Å². The van der Waals surface area contributed by atoms with Gasteiger partial charge in [-0.05, 0) is 17.7 Å². The maximum absolute atomic E-state index is 12.9. The Hall–Kier alpha value is -2.77. The molecule has 0 radical (unpaired) electrons. The lowest BCUT2D eigenvalue weighted by Crippen LogP contribution is -2.57. The van der Waals surface area contributed by atoms with Gasteiger partial charge in [0.25, 0.3) is 0 Å². The summed E-state index contributed by atoms with van der Waals surface area (Å²) in [5.74, 6) is -3.99. The van der Waals surface area contributed by atoms with E-state index < -0.39 is 35.5 Å². The van der Waals surface area contributed by atoms with E-state index in [1.54, 1.807) is 0 Å². The highest BCUT2D eigenvalue weighted by molar-refractivity contribution is 6.19. The lowest BCUT2D eigenvalue weighted by atomic mass is 9.95. The Morgan fingerprint density at radius 1 is 1.24 bits per heavy atom. The molecular weight excluding hydrogens is 281 g/mol. The second kappa shape index (κ2) is 5.70. The van der Waals surface area contributed by atoms with Crippen molar-refractivity contribution < 1.29 is 23.6 Å². The van der Waals surface area contributed by atoms with Crippen molar-refractivity contribution in [2.45, 2.75) is 12.3 Å². The molecule has 7 nitrogen and oxygen atoms in total. The van der Waals surface area contributed by atoms with Gasteiger partial charge in [0.05, 0.1) is 0 Å². The van der Waals surface area contributed by atoms with Crippen LogP contribution in [-0.2, 0) is 14.4 Å². The second-order valence-electron chi connectivity index (χ2n) is 4.49. The van der Waals surface area contributed by atoms with Crippen LogP contribution in [0.5, 0.6) is 0 Å². The number of barbiturate groups is 1. The molecule has 8 heteroatoms. The summed E-state index contributed by atoms with van der Waals surface area (Å²) in [6.07, 6.45) is -0.205. The Labute approximate surface area is 118 Å². The molecule has 1 saturated heterocycles. The van der Waals surface area contributed by atoms with E-state index in [0.29, 0.717) is 0 Å². The summed E-state index contributed by atoms with van der Waals surface area (Å²) in [4.78, 5) is 47.2. The third-order valence-electron chi connectivity index (χ3n) is 3.04. The number of hydrogen-bond donors (Lipinski definition) is 2. The molecule has 0 saturated carbocycles. The number of amides is 5. The zero-order chi connectivity index (χ0) is 15.6. The number of urea groups is 1. The van der Waals surface area contributed by atoms with Crippen molar-refractivity contribution >= 4 is 23.8 Å². The van der Waals surface area contributed by atoms with Gasteiger partial charge in [-0.25, -0.2) is 9.18 Å². The van der Waals surface area contributed by atoms with E-state index in [9.17, 15) is 23.6 Å². The van der Waals surface area contributed by atoms with Crippen molar-refractivity contribution in [3.05, 3.63) is 35.6 Å². The van der Waals surface area contributed by atoms with Gasteiger partial charge in [0, 0.05) is 13.0 Å². The zero-order valence-electron chi connectivity index (χ0n) is 10.8. The second-order valence-corrected chi connectivity index (χ2v) is 4.49. The van der Waals surface area contributed by atoms with Crippen molar-refractivity contribution in [3.8, 4) is 0 Å². The summed E-state index contributed by atoms with van der Waals surface area (Å²) >= 11 is 0. The van der Waals surface area contributed by atoms with Gasteiger partial charge in [-0.15, -0.1) is 0 Å². The first-order valence-electron chi connectivity index (χ1n) is 6.10. The van der Waals surface area contributed by atoms with Crippen molar-refractivity contribution in [3.63, 3.8) is 0 Å². The number of carbonyl (C=O) groups excluding carboxylic acids is 4. The van der Waals surface area contributed by atoms with Crippen molar-refractivity contribution in [1.29, 1.82) is 0 Å². The smallest absolute Gasteiger partial charge is 0.330 e. The standard InChI is InChI=1S/C13H12FN3O4/c14-8-3-1-7(2-4-8)10-11(19)16-13(21)17(12(10)20)6-5-9(15)18/h1-4,10H,5-6H2,(H2,15,18)(H,16,19,21). The number of nitrogens with zero attached hydrogens (tertiary/aromatic N) is 1. The molecule has 0 aromatic heterocycles. The normalized spacial score (nSPS) is 18.6. The number of nitrogens with one attached hydrogen (secondary N) is 1. The van der Waals surface area contributed by atoms with Crippen molar-refractivity contribution in [1.82, 2.24) is 10.2 Å². The molecule has 1 heterocycles. The molecule has 0 bridgehead atoms. The zero-order valence-corrected chi connectivity index (χ0v) is 10.8. The minimum absolute atomic E-state index is 0.205. The molecule has 0 spiro atoms. The topological polar surface area (TPSA) is 110 Å². The number of hydrogen-bond acceptors (Lipinski definition) is 4. The Morgan fingerprint density at radius 3 is 2.43 bits per heavy atom. The molecular formula is C13H12FN3O4. The number of halogens is 1. The summed E-state index contributed by atoms with van der Waals surface area (Å²) < 4.78 is 12.9. The van der Waals surface area contributed by atoms with E-state index in [1.165, 1.54) is 12.1 Å². The Bertz CT molecular complexity index is 614. The summed E-state index contributed by atoms with van der Waals surface area (Å²) in [7, 11) is 0. The highest BCUT2D eigenvalue weighted by Crippen LogP contribution is 2.23. The number of benzene rings is 1. The van der Waals surface area contributed by atoms with Crippen LogP contribution in [0.25, 0.3) is 0 Å². The molecule has 3 N–H and O–H groups in total. The SMILES string of the molecule is NC(=O)CCN1C(=O)NC(=O)C(c2ccc(F)cc2)C1=O. The van der Waals surface area contributed by atoms with Crippen LogP contribution in [0.2, 0.25) is 0 Å². The average molecular weight is 293 g/mol. The monoisotopic (exact) mass is 293 g/mol. The molecule has 21 heavy (non-hydrogen) atoms. The van der Waals surface area contributed by atoms with Crippen LogP contribution >= 0.6 is 0 Å². The predicted octanol–water partition coefficient (Wildman–Crippen LogP) is -0.137. The average Bonchev–Trinajstić information content (AvgIpc) is 2.40. The summed E-state index contributed by atoms with van der Waals surface area (Å²) in [5.41, 5.74) is 5.23. The van der Waals surface area contributed by atoms with Crippen LogP contribution in [0.15, 0.2) is 24.3 Å². The third kappa shape index (κ3) is 3.04. The van der Waals surface area contributed by atoms with Gasteiger partial charge in [0.1, 0.15) is 11.7 Å². The predicted molar refractivity (Wildman–Crippen MR) is 68.2 cm³/mol. The summed E-state index contributed by atoms with van der Waals surface area (Å²) in [6, 6.07) is 3.91. The first kappa shape index (κ1) is 14.6. The molecule has 1 atom stereocenters. The number of carbonyl (C=O) groups is 4. The summed E-state index contributed by atoms with van der Waals surface area (Å²) in [5, 5.41) is 2.03. The third-order valence-corrected chi connectivity index (χ3v) is 3.04. The molecule has 1 aliphatic heterocycles. The highest BCUT2D eigenvalue weighted by Gasteiger charge is 2.41. The van der Waals surface area contributed by atoms with E-state index in [-0.39, 0.29) is 18.5 Å². The molecule has 1 aromatic carbocycles. The first-order chi connectivity index (χ1) is 9.90. The minimum atomic E-state index is -1.25. The number of imide groups is 2. The number of nitrogens with two attached hydrogens (primary N) is 1. The van der Waals surface area contributed by atoms with Gasteiger partial charge in [0.2, 0.25) is 17.7 Å². The first-order valence-corrected chi connectivity index (χ1v) is 6.10. The fourth-order valence-corrected chi connectivity index (χ4v) is 2.00. The van der Waals surface area contributed by atoms with Gasteiger partial charge < -0.3 is 5.73 Å². The maximum atomic E-state index is 12.9. The van der Waals surface area contributed by atoms with E-state index in [2.05, 4.69) is 0 Å². The minimum Gasteiger partial charge on any atom is -0.370 e. The molecule has 5 amide bonds. The van der Waals surface area contributed by atoms with Crippen LogP contribution in [-0.4, -0.2) is 35.2 Å². The molecule has 2 rings (SSSR count). The molecule has 1 aliphatic rings. The van der Waals surface area contributed by atoms with Crippen LogP contribution in [0, 0.1) is 5.82 Å². The van der Waals surface area contributed by atoms with Gasteiger partial charge >= 0.3 is 6.03 Å². The maximum Gasteiger partial charge on any atom is 0.330 e. The largest absolute Gasteiger partial charge is 0.370 e. The molecule has 0 aliphatic carbocycles. The van der Waals surface area contributed by atoms with Gasteiger partial charge in [0.15, 0.2) is 0 Å². The highest BCUT2D eigenvalue weighted by atomic mass is 19.1. The lowest BCUT2D eigenvalue weighted by Gasteiger charge is -2.30. The number of rotatable bonds is 4. The molecule has 1 unspecified atom stereocenters. The molecule has 1 aromatic rings. The fourth-order valence-electron chi connectivity index (χ4n) is 2.00. The van der Waals surface area contributed by atoms with Crippen LogP contribution in [0.1, 0.15) is 17.9 Å². The van der Waals surface area contributed by atoms with Gasteiger partial charge in [-0.1, -0.05) is 12.1 Å². The van der Waals surface area contributed by atoms with Crippen LogP contribution in [0.3, 0.4) is 0 Å². The van der Waals surface area contributed by atoms with Crippen LogP contribution < -0.4 is 11.1 Å². The molecule has 1 fully saturated rings. The van der Waals surface area contributed by atoms with Gasteiger partial charge in [-0.3, -0.25) is 24.6 Å². The quantitative estimate of drug-likeness (QED) is 0.753. The number of primary amides is 1. The van der Waals surface area contributed by atoms with E-state index >= 15 is 0 Å². The summed E-state index contributed by atoms with van der Waals surface area (Å²) in [6.45, 7) is -0.217. The van der Waals surface area contributed by atoms with Crippen molar-refractivity contribution in [2.24, 2.45) is 5.73 Å².